The van der Waals surface area contributed by atoms with Crippen LogP contribution in [0.15, 0.2) is 49.2 Å². The maximum absolute atomic E-state index is 11.6. The number of imidazole rings is 1. The number of nitrogens with one attached hydrogen (secondary N) is 2. The van der Waals surface area contributed by atoms with Crippen LogP contribution in [0.1, 0.15) is 17.3 Å². The number of benzene rings is 2. The number of H-pyrrole nitrogens is 2. The van der Waals surface area contributed by atoms with Gasteiger partial charge in [0.2, 0.25) is 5.91 Å². The number of likely N-dealkylation sites (tertiary alicyclic amines) is 1. The minimum absolute atomic E-state index is 0.0201. The van der Waals surface area contributed by atoms with Crippen molar-refractivity contribution in [1.82, 2.24) is 25.1 Å². The molecule has 2 N–H and O–H groups in total. The Bertz CT molecular complexity index is 1200. The SMILES string of the molecule is C=CC(=O)N1CC(c2nc3ccc(-c4c(C)ccc5[nH]ncc45)cc3[nH]2)C1. The molecule has 6 heteroatoms. The molecule has 0 spiro atoms. The van der Waals surface area contributed by atoms with Crippen LogP contribution < -0.4 is 0 Å². The highest BCUT2D eigenvalue weighted by Gasteiger charge is 2.32. The molecule has 2 aromatic carbocycles. The third-order valence-corrected chi connectivity index (χ3v) is 5.38. The standard InChI is InChI=1S/C21H19N5O/c1-3-19(27)26-10-14(11-26)21-23-17-7-5-13(8-18(17)24-21)20-12(2)4-6-16-15(20)9-22-25-16/h3-9,14H,1,10-11H2,2H3,(H,22,25)(H,23,24). The van der Waals surface area contributed by atoms with Gasteiger partial charge in [0.15, 0.2) is 0 Å². The van der Waals surface area contributed by atoms with E-state index < -0.39 is 0 Å². The lowest BCUT2D eigenvalue weighted by Gasteiger charge is -2.37. The first-order valence-electron chi connectivity index (χ1n) is 8.98. The molecule has 6 nitrogen and oxygen atoms in total. The number of carbonyl (C=O) groups is 1. The maximum atomic E-state index is 11.6. The molecule has 134 valence electrons. The second-order valence-electron chi connectivity index (χ2n) is 7.09. The zero-order valence-corrected chi connectivity index (χ0v) is 15.0. The van der Waals surface area contributed by atoms with Crippen LogP contribution in [0, 0.1) is 6.92 Å². The van der Waals surface area contributed by atoms with E-state index in [0.717, 1.165) is 33.3 Å². The van der Waals surface area contributed by atoms with Gasteiger partial charge in [-0.1, -0.05) is 18.7 Å². The van der Waals surface area contributed by atoms with Gasteiger partial charge in [0.25, 0.3) is 0 Å². The topological polar surface area (TPSA) is 77.7 Å². The Morgan fingerprint density at radius 2 is 2.11 bits per heavy atom. The summed E-state index contributed by atoms with van der Waals surface area (Å²) in [5.41, 5.74) is 6.52. The molecule has 27 heavy (non-hydrogen) atoms. The lowest BCUT2D eigenvalue weighted by Crippen LogP contribution is -2.48. The van der Waals surface area contributed by atoms with E-state index in [1.54, 1.807) is 4.90 Å². The van der Waals surface area contributed by atoms with E-state index in [1.165, 1.54) is 17.2 Å². The Morgan fingerprint density at radius 3 is 2.93 bits per heavy atom. The van der Waals surface area contributed by atoms with Crippen LogP contribution in [0.25, 0.3) is 33.1 Å². The number of carbonyl (C=O) groups excluding carboxylic acids is 1. The molecule has 3 heterocycles. The largest absolute Gasteiger partial charge is 0.342 e. The van der Waals surface area contributed by atoms with Gasteiger partial charge in [0.1, 0.15) is 5.82 Å². The van der Waals surface area contributed by atoms with Crippen molar-refractivity contribution >= 4 is 27.8 Å². The zero-order chi connectivity index (χ0) is 18.5. The minimum atomic E-state index is -0.0201. The molecule has 2 aromatic heterocycles. The average molecular weight is 357 g/mol. The molecule has 0 unspecified atom stereocenters. The molecule has 0 atom stereocenters. The van der Waals surface area contributed by atoms with Crippen molar-refractivity contribution in [3.05, 3.63) is 60.6 Å². The second-order valence-corrected chi connectivity index (χ2v) is 7.09. The Kier molecular flexibility index (Phi) is 3.40. The number of aryl methyl sites for hydroxylation is 1. The Balaban J connectivity index is 1.51. The molecule has 1 fully saturated rings. The molecule has 1 aliphatic heterocycles. The average Bonchev–Trinajstić information content (AvgIpc) is 3.25. The van der Waals surface area contributed by atoms with Crippen LogP contribution in [0.3, 0.4) is 0 Å². The number of aromatic amines is 2. The summed E-state index contributed by atoms with van der Waals surface area (Å²) >= 11 is 0. The van der Waals surface area contributed by atoms with Crippen molar-refractivity contribution in [3.8, 4) is 11.1 Å². The van der Waals surface area contributed by atoms with E-state index in [-0.39, 0.29) is 11.8 Å². The van der Waals surface area contributed by atoms with Gasteiger partial charge in [0, 0.05) is 18.5 Å². The number of aromatic nitrogens is 4. The number of nitrogens with zero attached hydrogens (tertiary/aromatic N) is 3. The number of fused-ring (bicyclic) bond motifs is 2. The Labute approximate surface area is 155 Å². The lowest BCUT2D eigenvalue weighted by molar-refractivity contribution is -0.130. The molecular weight excluding hydrogens is 338 g/mol. The van der Waals surface area contributed by atoms with E-state index in [2.05, 4.69) is 52.9 Å². The van der Waals surface area contributed by atoms with E-state index >= 15 is 0 Å². The fraction of sp³-hybridized carbons (Fsp3) is 0.190. The molecule has 0 aliphatic carbocycles. The van der Waals surface area contributed by atoms with Crippen LogP contribution in [-0.4, -0.2) is 44.1 Å². The van der Waals surface area contributed by atoms with Crippen LogP contribution in [0.2, 0.25) is 0 Å². The van der Waals surface area contributed by atoms with Gasteiger partial charge in [0.05, 0.1) is 28.7 Å². The number of hydrogen-bond acceptors (Lipinski definition) is 3. The van der Waals surface area contributed by atoms with Crippen molar-refractivity contribution in [3.63, 3.8) is 0 Å². The third-order valence-electron chi connectivity index (χ3n) is 5.38. The predicted molar refractivity (Wildman–Crippen MR) is 105 cm³/mol. The monoisotopic (exact) mass is 357 g/mol. The van der Waals surface area contributed by atoms with Gasteiger partial charge in [-0.25, -0.2) is 4.98 Å². The van der Waals surface area contributed by atoms with Crippen LogP contribution in [0.4, 0.5) is 0 Å². The molecule has 0 bridgehead atoms. The molecule has 0 saturated carbocycles. The summed E-state index contributed by atoms with van der Waals surface area (Å²) in [6.07, 6.45) is 3.24. The maximum Gasteiger partial charge on any atom is 0.246 e. The summed E-state index contributed by atoms with van der Waals surface area (Å²) < 4.78 is 0. The fourth-order valence-corrected chi connectivity index (χ4v) is 3.85. The van der Waals surface area contributed by atoms with Crippen LogP contribution >= 0.6 is 0 Å². The van der Waals surface area contributed by atoms with Gasteiger partial charge >= 0.3 is 0 Å². The first-order chi connectivity index (χ1) is 13.1. The van der Waals surface area contributed by atoms with Gasteiger partial charge < -0.3 is 9.88 Å². The third kappa shape index (κ3) is 2.44. The zero-order valence-electron chi connectivity index (χ0n) is 15.0. The molecule has 1 amide bonds. The van der Waals surface area contributed by atoms with E-state index in [9.17, 15) is 4.79 Å². The summed E-state index contributed by atoms with van der Waals surface area (Å²) in [6, 6.07) is 10.5. The van der Waals surface area contributed by atoms with Gasteiger partial charge in [-0.2, -0.15) is 5.10 Å². The summed E-state index contributed by atoms with van der Waals surface area (Å²) in [5, 5.41) is 8.34. The van der Waals surface area contributed by atoms with E-state index in [0.29, 0.717) is 13.1 Å². The second kappa shape index (κ2) is 5.81. The van der Waals surface area contributed by atoms with E-state index in [4.69, 9.17) is 4.98 Å². The summed E-state index contributed by atoms with van der Waals surface area (Å²) in [5.74, 6) is 1.17. The molecular formula is C21H19N5O. The van der Waals surface area contributed by atoms with Crippen LogP contribution in [-0.2, 0) is 4.79 Å². The number of amides is 1. The molecule has 5 rings (SSSR count). The Morgan fingerprint density at radius 1 is 1.26 bits per heavy atom. The van der Waals surface area contributed by atoms with E-state index in [1.807, 2.05) is 12.3 Å². The van der Waals surface area contributed by atoms with Gasteiger partial charge in [-0.15, -0.1) is 0 Å². The minimum Gasteiger partial charge on any atom is -0.342 e. The van der Waals surface area contributed by atoms with Crippen molar-refractivity contribution in [1.29, 1.82) is 0 Å². The molecule has 1 saturated heterocycles. The van der Waals surface area contributed by atoms with Gasteiger partial charge in [-0.05, 0) is 47.9 Å². The summed E-state index contributed by atoms with van der Waals surface area (Å²) in [6.45, 7) is 7.02. The predicted octanol–water partition coefficient (Wildman–Crippen LogP) is 3.53. The highest BCUT2D eigenvalue weighted by atomic mass is 16.2. The van der Waals surface area contributed by atoms with Crippen molar-refractivity contribution in [2.24, 2.45) is 0 Å². The van der Waals surface area contributed by atoms with Crippen LogP contribution in [0.5, 0.6) is 0 Å². The highest BCUT2D eigenvalue weighted by Crippen LogP contribution is 2.33. The Hall–Kier alpha value is -3.41. The van der Waals surface area contributed by atoms with Gasteiger partial charge in [-0.3, -0.25) is 9.89 Å². The molecule has 4 aromatic rings. The van der Waals surface area contributed by atoms with Crippen molar-refractivity contribution in [2.45, 2.75) is 12.8 Å². The fourth-order valence-electron chi connectivity index (χ4n) is 3.85. The quantitative estimate of drug-likeness (QED) is 0.551. The number of rotatable bonds is 3. The number of hydrogen-bond donors (Lipinski definition) is 2. The highest BCUT2D eigenvalue weighted by molar-refractivity contribution is 5.98. The summed E-state index contributed by atoms with van der Waals surface area (Å²) in [4.78, 5) is 21.6. The first kappa shape index (κ1) is 15.8. The van der Waals surface area contributed by atoms with Crippen molar-refractivity contribution in [2.75, 3.05) is 13.1 Å². The lowest BCUT2D eigenvalue weighted by atomic mass is 9.97. The molecule has 0 radical (unpaired) electrons. The first-order valence-corrected chi connectivity index (χ1v) is 8.98. The molecule has 1 aliphatic rings. The van der Waals surface area contributed by atoms with Crippen molar-refractivity contribution < 1.29 is 4.79 Å². The summed E-state index contributed by atoms with van der Waals surface area (Å²) in [7, 11) is 0. The normalized spacial score (nSPS) is 14.6. The smallest absolute Gasteiger partial charge is 0.246 e.